The normalized spacial score (nSPS) is 20.1. The molecule has 0 aliphatic carbocycles. The van der Waals surface area contributed by atoms with Gasteiger partial charge in [-0.3, -0.25) is 0 Å². The first-order valence-electron chi connectivity index (χ1n) is 9.80. The van der Waals surface area contributed by atoms with Gasteiger partial charge in [-0.2, -0.15) is 0 Å². The molecule has 1 saturated heterocycles. The lowest BCUT2D eigenvalue weighted by molar-refractivity contribution is 0.381. The summed E-state index contributed by atoms with van der Waals surface area (Å²) in [5.41, 5.74) is 5.42. The van der Waals surface area contributed by atoms with Crippen LogP contribution in [-0.4, -0.2) is 25.0 Å². The zero-order valence-electron chi connectivity index (χ0n) is 16.2. The molecule has 2 nitrogen and oxygen atoms in total. The summed E-state index contributed by atoms with van der Waals surface area (Å²) in [4.78, 5) is 2.42. The van der Waals surface area contributed by atoms with Crippen molar-refractivity contribution < 1.29 is 0 Å². The van der Waals surface area contributed by atoms with Crippen LogP contribution in [0.25, 0.3) is 0 Å². The van der Waals surface area contributed by atoms with Gasteiger partial charge in [-0.25, -0.2) is 0 Å². The Bertz CT molecular complexity index is 818. The van der Waals surface area contributed by atoms with Gasteiger partial charge in [0.2, 0.25) is 0 Å². The van der Waals surface area contributed by atoms with Crippen LogP contribution in [0, 0.1) is 0 Å². The van der Waals surface area contributed by atoms with E-state index in [9.17, 15) is 0 Å². The van der Waals surface area contributed by atoms with Gasteiger partial charge in [0.05, 0.1) is 6.04 Å². The molecule has 1 aliphatic heterocycles. The third kappa shape index (κ3) is 3.91. The van der Waals surface area contributed by atoms with Crippen molar-refractivity contribution in [2.24, 2.45) is 0 Å². The van der Waals surface area contributed by atoms with Gasteiger partial charge in [-0.1, -0.05) is 79.7 Å². The highest BCUT2D eigenvalue weighted by Crippen LogP contribution is 2.34. The molecule has 0 radical (unpaired) electrons. The third-order valence-electron chi connectivity index (χ3n) is 5.82. The highest BCUT2D eigenvalue weighted by molar-refractivity contribution is 5.51. The van der Waals surface area contributed by atoms with Crippen molar-refractivity contribution in [1.82, 2.24) is 4.90 Å². The van der Waals surface area contributed by atoms with E-state index in [-0.39, 0.29) is 11.5 Å². The fourth-order valence-corrected chi connectivity index (χ4v) is 4.21. The van der Waals surface area contributed by atoms with Crippen LogP contribution in [0.5, 0.6) is 0 Å². The number of rotatable bonds is 5. The van der Waals surface area contributed by atoms with Crippen molar-refractivity contribution >= 4 is 5.69 Å². The van der Waals surface area contributed by atoms with Gasteiger partial charge in [0.1, 0.15) is 0 Å². The summed E-state index contributed by atoms with van der Waals surface area (Å²) in [7, 11) is 2.21. The van der Waals surface area contributed by atoms with Crippen LogP contribution in [0.15, 0.2) is 84.9 Å². The summed E-state index contributed by atoms with van der Waals surface area (Å²) in [6, 6.07) is 30.5. The summed E-state index contributed by atoms with van der Waals surface area (Å²) in [5.74, 6) is 0. The predicted molar refractivity (Wildman–Crippen MR) is 114 cm³/mol. The number of hydrogen-bond donors (Lipinski definition) is 1. The maximum absolute atomic E-state index is 3.74. The molecule has 3 aromatic carbocycles. The topological polar surface area (TPSA) is 15.3 Å². The maximum Gasteiger partial charge on any atom is 0.0767 e. The van der Waals surface area contributed by atoms with E-state index in [1.54, 1.807) is 0 Å². The fraction of sp³-hybridized carbons (Fsp3) is 0.280. The van der Waals surface area contributed by atoms with Crippen LogP contribution in [0.3, 0.4) is 0 Å². The van der Waals surface area contributed by atoms with E-state index in [1.807, 2.05) is 0 Å². The van der Waals surface area contributed by atoms with Crippen LogP contribution in [0.4, 0.5) is 5.69 Å². The number of anilines is 1. The van der Waals surface area contributed by atoms with Gasteiger partial charge >= 0.3 is 0 Å². The minimum absolute atomic E-state index is 0.145. The summed E-state index contributed by atoms with van der Waals surface area (Å²) in [5, 5.41) is 3.74. The molecule has 1 heterocycles. The average Bonchev–Trinajstić information content (AvgIpc) is 3.08. The Morgan fingerprint density at radius 1 is 0.815 bits per heavy atom. The molecule has 3 aromatic rings. The van der Waals surface area contributed by atoms with Crippen LogP contribution in [0.2, 0.25) is 0 Å². The minimum atomic E-state index is 0.145. The van der Waals surface area contributed by atoms with Crippen LogP contribution < -0.4 is 5.32 Å². The molecule has 0 bridgehead atoms. The van der Waals surface area contributed by atoms with E-state index in [4.69, 9.17) is 0 Å². The summed E-state index contributed by atoms with van der Waals surface area (Å²) in [6.07, 6.45) is 1.23. The molecule has 1 atom stereocenters. The number of likely N-dealkylation sites (N-methyl/N-ethyl adjacent to an activating group) is 1. The van der Waals surface area contributed by atoms with Gasteiger partial charge in [0.15, 0.2) is 0 Å². The van der Waals surface area contributed by atoms with Crippen molar-refractivity contribution in [3.05, 3.63) is 102 Å². The monoisotopic (exact) mass is 356 g/mol. The second-order valence-electron chi connectivity index (χ2n) is 8.02. The Balaban J connectivity index is 1.59. The van der Waals surface area contributed by atoms with Gasteiger partial charge in [0.25, 0.3) is 0 Å². The Labute approximate surface area is 162 Å². The summed E-state index contributed by atoms with van der Waals surface area (Å²) < 4.78 is 0. The molecule has 0 saturated carbocycles. The van der Waals surface area contributed by atoms with Crippen molar-refractivity contribution in [2.45, 2.75) is 24.8 Å². The highest BCUT2D eigenvalue weighted by Gasteiger charge is 2.33. The molecule has 1 fully saturated rings. The van der Waals surface area contributed by atoms with E-state index >= 15 is 0 Å². The Kier molecular flexibility index (Phi) is 5.00. The Hall–Kier alpha value is -2.58. The van der Waals surface area contributed by atoms with Crippen molar-refractivity contribution in [3.63, 3.8) is 0 Å². The van der Waals surface area contributed by atoms with Gasteiger partial charge in [-0.15, -0.1) is 0 Å². The number of nitrogens with zero attached hydrogens (tertiary/aromatic N) is 1. The Morgan fingerprint density at radius 2 is 1.37 bits per heavy atom. The molecule has 2 heteroatoms. The van der Waals surface area contributed by atoms with E-state index in [2.05, 4.69) is 109 Å². The largest absolute Gasteiger partial charge is 0.374 e. The van der Waals surface area contributed by atoms with Crippen LogP contribution in [-0.2, 0) is 5.41 Å². The first-order chi connectivity index (χ1) is 13.1. The fourth-order valence-electron chi connectivity index (χ4n) is 4.21. The second kappa shape index (κ2) is 7.58. The Morgan fingerprint density at radius 3 is 1.85 bits per heavy atom. The van der Waals surface area contributed by atoms with Crippen molar-refractivity contribution in [3.8, 4) is 0 Å². The summed E-state index contributed by atoms with van der Waals surface area (Å²) >= 11 is 0. The number of hydrogen-bond acceptors (Lipinski definition) is 2. The maximum atomic E-state index is 3.74. The molecule has 1 aliphatic rings. The van der Waals surface area contributed by atoms with E-state index in [0.717, 1.165) is 12.2 Å². The lowest BCUT2D eigenvalue weighted by Crippen LogP contribution is -2.25. The van der Waals surface area contributed by atoms with E-state index in [1.165, 1.54) is 29.7 Å². The number of nitrogens with one attached hydrogen (secondary N) is 1. The van der Waals surface area contributed by atoms with Gasteiger partial charge in [0, 0.05) is 17.6 Å². The standard InChI is InChI=1S/C25H28N2/c1-25(17-18-27(2)19-25)22-13-15-23(16-14-22)26-24(20-9-5-3-6-10-20)21-11-7-4-8-12-21/h3-16,24,26H,17-19H2,1-2H3/t25-/m1/s1. The molecule has 0 spiro atoms. The lowest BCUT2D eigenvalue weighted by atomic mass is 9.82. The van der Waals surface area contributed by atoms with E-state index < -0.39 is 0 Å². The predicted octanol–water partition coefficient (Wildman–Crippen LogP) is 5.48. The second-order valence-corrected chi connectivity index (χ2v) is 8.02. The molecular weight excluding hydrogens is 328 g/mol. The summed E-state index contributed by atoms with van der Waals surface area (Å²) in [6.45, 7) is 4.70. The molecule has 138 valence electrons. The molecule has 4 rings (SSSR count). The molecular formula is C25H28N2. The average molecular weight is 357 g/mol. The molecule has 0 amide bonds. The number of likely N-dealkylation sites (tertiary alicyclic amines) is 1. The highest BCUT2D eigenvalue weighted by atomic mass is 15.1. The SMILES string of the molecule is CN1CC[C@@](C)(c2ccc(NC(c3ccccc3)c3ccccc3)cc2)C1. The van der Waals surface area contributed by atoms with E-state index in [0.29, 0.717) is 0 Å². The van der Waals surface area contributed by atoms with Crippen LogP contribution >= 0.6 is 0 Å². The smallest absolute Gasteiger partial charge is 0.0767 e. The lowest BCUT2D eigenvalue weighted by Gasteiger charge is -2.26. The molecule has 1 N–H and O–H groups in total. The quantitative estimate of drug-likeness (QED) is 0.651. The molecule has 0 unspecified atom stereocenters. The van der Waals surface area contributed by atoms with Crippen molar-refractivity contribution in [1.29, 1.82) is 0 Å². The number of benzene rings is 3. The zero-order valence-corrected chi connectivity index (χ0v) is 16.2. The van der Waals surface area contributed by atoms with Crippen molar-refractivity contribution in [2.75, 3.05) is 25.5 Å². The van der Waals surface area contributed by atoms with Gasteiger partial charge in [-0.05, 0) is 48.8 Å². The first-order valence-corrected chi connectivity index (χ1v) is 9.80. The van der Waals surface area contributed by atoms with Crippen LogP contribution in [0.1, 0.15) is 36.1 Å². The van der Waals surface area contributed by atoms with Gasteiger partial charge < -0.3 is 10.2 Å². The zero-order chi connectivity index (χ0) is 18.7. The molecule has 27 heavy (non-hydrogen) atoms. The molecule has 0 aromatic heterocycles. The minimum Gasteiger partial charge on any atom is -0.374 e. The third-order valence-corrected chi connectivity index (χ3v) is 5.82. The first kappa shape index (κ1) is 17.8.